The zero-order chi connectivity index (χ0) is 22.3. The van der Waals surface area contributed by atoms with Gasteiger partial charge in [-0.2, -0.15) is 0 Å². The molecule has 0 unspecified atom stereocenters. The highest BCUT2D eigenvalue weighted by Gasteiger charge is 2.30. The molecule has 2 aliphatic heterocycles. The summed E-state index contributed by atoms with van der Waals surface area (Å²) >= 11 is 6.05. The zero-order valence-electron chi connectivity index (χ0n) is 18.5. The van der Waals surface area contributed by atoms with Crippen molar-refractivity contribution in [3.05, 3.63) is 70.7 Å². The fraction of sp³-hybridized carbons (Fsp3) is 0.462. The lowest BCUT2D eigenvalue weighted by Gasteiger charge is -2.36. The number of piperidine rings is 2. The van der Waals surface area contributed by atoms with E-state index in [2.05, 4.69) is 5.32 Å². The molecule has 2 aliphatic rings. The van der Waals surface area contributed by atoms with Crippen LogP contribution in [0.4, 0.5) is 0 Å². The third-order valence-corrected chi connectivity index (χ3v) is 6.81. The average Bonchev–Trinajstić information content (AvgIpc) is 2.85. The number of hydrogen-bond acceptors (Lipinski definition) is 3. The van der Waals surface area contributed by atoms with Crippen LogP contribution in [0.25, 0.3) is 0 Å². The average molecular weight is 454 g/mol. The van der Waals surface area contributed by atoms with Gasteiger partial charge >= 0.3 is 0 Å². The monoisotopic (exact) mass is 453 g/mol. The highest BCUT2D eigenvalue weighted by molar-refractivity contribution is 6.30. The number of likely N-dealkylation sites (tertiary alicyclic amines) is 2. The summed E-state index contributed by atoms with van der Waals surface area (Å²) in [6.45, 7) is 3.11. The third-order valence-electron chi connectivity index (χ3n) is 6.56. The number of carbonyl (C=O) groups excluding carboxylic acids is 2. The number of halogens is 1. The Hall–Kier alpha value is -2.37. The van der Waals surface area contributed by atoms with E-state index < -0.39 is 0 Å². The fourth-order valence-corrected chi connectivity index (χ4v) is 4.83. The minimum absolute atomic E-state index is 0.0890. The summed E-state index contributed by atoms with van der Waals surface area (Å²) in [5.74, 6) is 0.286. The first kappa shape index (κ1) is 22.8. The minimum atomic E-state index is -0.254. The smallest absolute Gasteiger partial charge is 0.253 e. The van der Waals surface area contributed by atoms with E-state index in [1.807, 2.05) is 64.4 Å². The molecule has 4 rings (SSSR count). The van der Waals surface area contributed by atoms with Crippen molar-refractivity contribution in [1.29, 1.82) is 0 Å². The Morgan fingerprint density at radius 1 is 0.875 bits per heavy atom. The van der Waals surface area contributed by atoms with Crippen LogP contribution in [0.15, 0.2) is 54.6 Å². The molecule has 2 aromatic rings. The van der Waals surface area contributed by atoms with E-state index in [1.54, 1.807) is 0 Å². The van der Waals surface area contributed by atoms with Crippen molar-refractivity contribution in [1.82, 2.24) is 15.1 Å². The molecule has 2 saturated heterocycles. The van der Waals surface area contributed by atoms with Gasteiger partial charge in [0.1, 0.15) is 0 Å². The Morgan fingerprint density at radius 3 is 2.19 bits per heavy atom. The molecule has 0 aromatic heterocycles. The summed E-state index contributed by atoms with van der Waals surface area (Å²) < 4.78 is 0. The van der Waals surface area contributed by atoms with E-state index in [0.717, 1.165) is 49.9 Å². The lowest BCUT2D eigenvalue weighted by atomic mass is 9.98. The van der Waals surface area contributed by atoms with Crippen molar-refractivity contribution in [3.63, 3.8) is 0 Å². The van der Waals surface area contributed by atoms with Crippen molar-refractivity contribution < 1.29 is 9.59 Å². The normalized spacial score (nSPS) is 18.4. The van der Waals surface area contributed by atoms with Crippen LogP contribution in [-0.2, 0) is 11.2 Å². The molecule has 2 aromatic carbocycles. The summed E-state index contributed by atoms with van der Waals surface area (Å²) in [4.78, 5) is 30.1. The highest BCUT2D eigenvalue weighted by Crippen LogP contribution is 2.18. The molecule has 0 aliphatic carbocycles. The fourth-order valence-electron chi connectivity index (χ4n) is 4.71. The maximum absolute atomic E-state index is 13.4. The topological polar surface area (TPSA) is 52.7 Å². The van der Waals surface area contributed by atoms with Gasteiger partial charge < -0.3 is 15.1 Å². The second-order valence-electron chi connectivity index (χ2n) is 8.87. The molecule has 0 spiro atoms. The number of hydrogen-bond donors (Lipinski definition) is 1. The number of rotatable bonds is 6. The highest BCUT2D eigenvalue weighted by atomic mass is 35.5. The van der Waals surface area contributed by atoms with E-state index in [9.17, 15) is 9.59 Å². The molecule has 0 saturated carbocycles. The lowest BCUT2D eigenvalue weighted by Crippen LogP contribution is -2.54. The molecule has 170 valence electrons. The van der Waals surface area contributed by atoms with Gasteiger partial charge in [0, 0.05) is 42.8 Å². The number of amides is 2. The minimum Gasteiger partial charge on any atom is -0.341 e. The summed E-state index contributed by atoms with van der Waals surface area (Å²) in [6.07, 6.45) is 5.72. The van der Waals surface area contributed by atoms with Crippen molar-refractivity contribution in [2.45, 2.75) is 50.6 Å². The first-order valence-electron chi connectivity index (χ1n) is 11.7. The van der Waals surface area contributed by atoms with E-state index in [4.69, 9.17) is 11.6 Å². The van der Waals surface area contributed by atoms with Crippen LogP contribution in [0.3, 0.4) is 0 Å². The van der Waals surface area contributed by atoms with Crippen LogP contribution in [-0.4, -0.2) is 59.9 Å². The van der Waals surface area contributed by atoms with Crippen LogP contribution >= 0.6 is 11.6 Å². The van der Waals surface area contributed by atoms with Crippen molar-refractivity contribution >= 4 is 23.4 Å². The lowest BCUT2D eigenvalue weighted by molar-refractivity contribution is -0.134. The van der Waals surface area contributed by atoms with Gasteiger partial charge in [-0.25, -0.2) is 0 Å². The number of nitrogens with one attached hydrogen (secondary N) is 1. The van der Waals surface area contributed by atoms with Crippen molar-refractivity contribution in [2.24, 2.45) is 0 Å². The first-order valence-corrected chi connectivity index (χ1v) is 12.1. The van der Waals surface area contributed by atoms with Crippen LogP contribution in [0.5, 0.6) is 0 Å². The maximum Gasteiger partial charge on any atom is 0.253 e. The quantitative estimate of drug-likeness (QED) is 0.714. The van der Waals surface area contributed by atoms with Gasteiger partial charge in [-0.1, -0.05) is 41.9 Å². The van der Waals surface area contributed by atoms with E-state index in [-0.39, 0.29) is 23.9 Å². The standard InChI is InChI=1S/C26H32ClN3O2/c27-22-11-9-20(10-12-22)19-24(26(32)29-15-5-2-6-16-29)28-23-13-17-30(18-14-23)25(31)21-7-3-1-4-8-21/h1,3-4,7-12,23-24,28H,2,5-6,13-19H2/t24-/m1/s1. The van der Waals surface area contributed by atoms with E-state index in [0.29, 0.717) is 24.5 Å². The number of carbonyl (C=O) groups is 2. The van der Waals surface area contributed by atoms with Gasteiger partial charge in [0.15, 0.2) is 0 Å². The van der Waals surface area contributed by atoms with Crippen LogP contribution in [0.2, 0.25) is 5.02 Å². The van der Waals surface area contributed by atoms with Crippen molar-refractivity contribution in [2.75, 3.05) is 26.2 Å². The van der Waals surface area contributed by atoms with Gasteiger partial charge in [0.25, 0.3) is 5.91 Å². The third kappa shape index (κ3) is 5.90. The first-order chi connectivity index (χ1) is 15.6. The van der Waals surface area contributed by atoms with Gasteiger partial charge in [-0.05, 0) is 68.4 Å². The summed E-state index contributed by atoms with van der Waals surface area (Å²) in [7, 11) is 0. The van der Waals surface area contributed by atoms with Crippen molar-refractivity contribution in [3.8, 4) is 0 Å². The van der Waals surface area contributed by atoms with Crippen LogP contribution < -0.4 is 5.32 Å². The van der Waals surface area contributed by atoms with Crippen LogP contribution in [0.1, 0.15) is 48.0 Å². The predicted octanol–water partition coefficient (Wildman–Crippen LogP) is 4.16. The molecule has 0 bridgehead atoms. The summed E-state index contributed by atoms with van der Waals surface area (Å²) in [6, 6.07) is 17.2. The second kappa shape index (κ2) is 11.0. The Kier molecular flexibility index (Phi) is 7.82. The Balaban J connectivity index is 1.38. The van der Waals surface area contributed by atoms with E-state index in [1.165, 1.54) is 6.42 Å². The predicted molar refractivity (Wildman–Crippen MR) is 128 cm³/mol. The van der Waals surface area contributed by atoms with Gasteiger partial charge in [-0.3, -0.25) is 9.59 Å². The van der Waals surface area contributed by atoms with E-state index >= 15 is 0 Å². The van der Waals surface area contributed by atoms with Crippen LogP contribution in [0, 0.1) is 0 Å². The summed E-state index contributed by atoms with van der Waals surface area (Å²) in [5.41, 5.74) is 1.84. The molecule has 6 heteroatoms. The Morgan fingerprint density at radius 2 is 1.53 bits per heavy atom. The molecule has 0 radical (unpaired) electrons. The molecule has 5 nitrogen and oxygen atoms in total. The molecule has 32 heavy (non-hydrogen) atoms. The molecule has 1 atom stereocenters. The molecule has 2 fully saturated rings. The molecular formula is C26H32ClN3O2. The molecule has 1 N–H and O–H groups in total. The summed E-state index contributed by atoms with van der Waals surface area (Å²) in [5, 5.41) is 4.36. The Labute approximate surface area is 195 Å². The maximum atomic E-state index is 13.4. The largest absolute Gasteiger partial charge is 0.341 e. The number of nitrogens with zero attached hydrogens (tertiary/aromatic N) is 2. The molecule has 2 heterocycles. The van der Waals surface area contributed by atoms with Gasteiger partial charge in [0.05, 0.1) is 6.04 Å². The SMILES string of the molecule is O=C(c1ccccc1)N1CCC(N[C@H](Cc2ccc(Cl)cc2)C(=O)N2CCCCC2)CC1. The van der Waals surface area contributed by atoms with Gasteiger partial charge in [0.2, 0.25) is 5.91 Å². The zero-order valence-corrected chi connectivity index (χ0v) is 19.3. The van der Waals surface area contributed by atoms with Gasteiger partial charge in [-0.15, -0.1) is 0 Å². The number of benzene rings is 2. The Bertz CT molecular complexity index is 889. The second-order valence-corrected chi connectivity index (χ2v) is 9.30. The molecular weight excluding hydrogens is 422 g/mol. The molecule has 2 amide bonds.